The van der Waals surface area contributed by atoms with E-state index in [0.29, 0.717) is 12.5 Å². The molecule has 0 bridgehead atoms. The van der Waals surface area contributed by atoms with Crippen LogP contribution in [0.25, 0.3) is 0 Å². The number of hydrogen-bond acceptors (Lipinski definition) is 2. The summed E-state index contributed by atoms with van der Waals surface area (Å²) in [5.41, 5.74) is 8.74. The van der Waals surface area contributed by atoms with E-state index in [1.54, 1.807) is 0 Å². The van der Waals surface area contributed by atoms with Gasteiger partial charge in [-0.25, -0.2) is 0 Å². The molecule has 100 valence electrons. The summed E-state index contributed by atoms with van der Waals surface area (Å²) < 4.78 is 0. The first kappa shape index (κ1) is 13.4. The van der Waals surface area contributed by atoms with E-state index in [1.165, 1.54) is 30.5 Å². The zero-order chi connectivity index (χ0) is 13.2. The maximum Gasteiger partial charge on any atom is 0.0523 e. The minimum absolute atomic E-state index is 0.0732. The van der Waals surface area contributed by atoms with Crippen molar-refractivity contribution in [1.82, 2.24) is 0 Å². The van der Waals surface area contributed by atoms with Crippen LogP contribution < -0.4 is 11.1 Å². The summed E-state index contributed by atoms with van der Waals surface area (Å²) in [6.45, 7) is 7.58. The molecule has 3 atom stereocenters. The van der Waals surface area contributed by atoms with Gasteiger partial charge in [-0.05, 0) is 36.8 Å². The van der Waals surface area contributed by atoms with Crippen LogP contribution in [0.2, 0.25) is 0 Å². The maximum atomic E-state index is 6.13. The highest BCUT2D eigenvalue weighted by atomic mass is 15.0. The van der Waals surface area contributed by atoms with Crippen LogP contribution in [0.3, 0.4) is 0 Å². The van der Waals surface area contributed by atoms with Gasteiger partial charge < -0.3 is 11.1 Å². The summed E-state index contributed by atoms with van der Waals surface area (Å²) in [4.78, 5) is 0. The van der Waals surface area contributed by atoms with Crippen LogP contribution in [-0.2, 0) is 0 Å². The molecule has 1 aliphatic rings. The molecule has 2 nitrogen and oxygen atoms in total. The van der Waals surface area contributed by atoms with Gasteiger partial charge in [-0.3, -0.25) is 0 Å². The van der Waals surface area contributed by atoms with Gasteiger partial charge in [0.25, 0.3) is 0 Å². The monoisotopic (exact) mass is 246 g/mol. The molecule has 2 rings (SSSR count). The topological polar surface area (TPSA) is 38.0 Å². The highest BCUT2D eigenvalue weighted by Crippen LogP contribution is 2.39. The molecule has 3 unspecified atom stereocenters. The molecule has 1 saturated carbocycles. The highest BCUT2D eigenvalue weighted by Gasteiger charge is 2.40. The molecule has 0 aromatic heterocycles. The molecule has 0 heterocycles. The fourth-order valence-corrected chi connectivity index (χ4v) is 3.26. The SMILES string of the molecule is Cc1ccccc1NC1(CN)CCCC(C)C1C. The molecule has 0 amide bonds. The van der Waals surface area contributed by atoms with Gasteiger partial charge in [-0.15, -0.1) is 0 Å². The van der Waals surface area contributed by atoms with Crippen molar-refractivity contribution in [2.75, 3.05) is 11.9 Å². The van der Waals surface area contributed by atoms with Crippen molar-refractivity contribution in [3.63, 3.8) is 0 Å². The average Bonchev–Trinajstić information content (AvgIpc) is 2.38. The lowest BCUT2D eigenvalue weighted by molar-refractivity contribution is 0.168. The molecule has 3 N–H and O–H groups in total. The minimum atomic E-state index is 0.0732. The van der Waals surface area contributed by atoms with E-state index in [1.807, 2.05) is 0 Å². The van der Waals surface area contributed by atoms with Crippen molar-refractivity contribution >= 4 is 5.69 Å². The van der Waals surface area contributed by atoms with Crippen LogP contribution in [0.1, 0.15) is 38.7 Å². The normalized spacial score (nSPS) is 32.2. The van der Waals surface area contributed by atoms with Crippen LogP contribution in [0.15, 0.2) is 24.3 Å². The van der Waals surface area contributed by atoms with Crippen molar-refractivity contribution in [2.24, 2.45) is 17.6 Å². The van der Waals surface area contributed by atoms with Crippen LogP contribution in [0.5, 0.6) is 0 Å². The van der Waals surface area contributed by atoms with Crippen LogP contribution in [0.4, 0.5) is 5.69 Å². The van der Waals surface area contributed by atoms with Gasteiger partial charge in [0, 0.05) is 12.2 Å². The van der Waals surface area contributed by atoms with E-state index >= 15 is 0 Å². The third-order valence-corrected chi connectivity index (χ3v) is 4.90. The van der Waals surface area contributed by atoms with E-state index in [0.717, 1.165) is 5.92 Å². The van der Waals surface area contributed by atoms with Gasteiger partial charge >= 0.3 is 0 Å². The fourth-order valence-electron chi connectivity index (χ4n) is 3.26. The molecule has 1 aliphatic carbocycles. The molecule has 1 aromatic carbocycles. The summed E-state index contributed by atoms with van der Waals surface area (Å²) >= 11 is 0. The first-order valence-electron chi connectivity index (χ1n) is 7.13. The molecule has 2 heteroatoms. The van der Waals surface area contributed by atoms with Gasteiger partial charge in [0.05, 0.1) is 5.54 Å². The number of nitrogens with two attached hydrogens (primary N) is 1. The molecule has 1 aromatic rings. The minimum Gasteiger partial charge on any atom is -0.378 e. The number of rotatable bonds is 3. The van der Waals surface area contributed by atoms with E-state index in [2.05, 4.69) is 50.4 Å². The Bertz CT molecular complexity index is 402. The number of nitrogens with one attached hydrogen (secondary N) is 1. The largest absolute Gasteiger partial charge is 0.378 e. The zero-order valence-electron chi connectivity index (χ0n) is 11.9. The number of anilines is 1. The summed E-state index contributed by atoms with van der Waals surface area (Å²) in [6.07, 6.45) is 3.79. The lowest BCUT2D eigenvalue weighted by atomic mass is 9.68. The molecular formula is C16H26N2. The third-order valence-electron chi connectivity index (χ3n) is 4.90. The smallest absolute Gasteiger partial charge is 0.0523 e. The van der Waals surface area contributed by atoms with Gasteiger partial charge in [0.15, 0.2) is 0 Å². The fraction of sp³-hybridized carbons (Fsp3) is 0.625. The Balaban J connectivity index is 2.25. The Morgan fingerprint density at radius 2 is 2.06 bits per heavy atom. The predicted molar refractivity (Wildman–Crippen MR) is 78.8 cm³/mol. The van der Waals surface area contributed by atoms with Crippen molar-refractivity contribution in [1.29, 1.82) is 0 Å². The Labute approximate surface area is 111 Å². The molecule has 0 aliphatic heterocycles. The number of aryl methyl sites for hydroxylation is 1. The quantitative estimate of drug-likeness (QED) is 0.856. The predicted octanol–water partition coefficient (Wildman–Crippen LogP) is 3.56. The Morgan fingerprint density at radius 1 is 1.33 bits per heavy atom. The Hall–Kier alpha value is -1.02. The first-order valence-corrected chi connectivity index (χ1v) is 7.13. The summed E-state index contributed by atoms with van der Waals surface area (Å²) in [5, 5.41) is 3.77. The molecule has 1 fully saturated rings. The molecule has 0 radical (unpaired) electrons. The van der Waals surface area contributed by atoms with Crippen molar-refractivity contribution in [2.45, 2.75) is 45.6 Å². The van der Waals surface area contributed by atoms with Gasteiger partial charge in [0.2, 0.25) is 0 Å². The van der Waals surface area contributed by atoms with E-state index in [9.17, 15) is 0 Å². The summed E-state index contributed by atoms with van der Waals surface area (Å²) in [6, 6.07) is 8.50. The van der Waals surface area contributed by atoms with Gasteiger partial charge in [0.1, 0.15) is 0 Å². The highest BCUT2D eigenvalue weighted by molar-refractivity contribution is 5.52. The average molecular weight is 246 g/mol. The van der Waals surface area contributed by atoms with Crippen LogP contribution in [-0.4, -0.2) is 12.1 Å². The van der Waals surface area contributed by atoms with E-state index in [4.69, 9.17) is 5.73 Å². The number of hydrogen-bond donors (Lipinski definition) is 2. The van der Waals surface area contributed by atoms with Gasteiger partial charge in [-0.2, -0.15) is 0 Å². The lowest BCUT2D eigenvalue weighted by Crippen LogP contribution is -2.54. The van der Waals surface area contributed by atoms with Crippen molar-refractivity contribution < 1.29 is 0 Å². The molecule has 0 saturated heterocycles. The van der Waals surface area contributed by atoms with E-state index in [-0.39, 0.29) is 5.54 Å². The Morgan fingerprint density at radius 3 is 2.72 bits per heavy atom. The number of para-hydroxylation sites is 1. The van der Waals surface area contributed by atoms with Crippen molar-refractivity contribution in [3.05, 3.63) is 29.8 Å². The molecule has 0 spiro atoms. The van der Waals surface area contributed by atoms with Crippen LogP contribution >= 0.6 is 0 Å². The van der Waals surface area contributed by atoms with Gasteiger partial charge in [-0.1, -0.05) is 44.9 Å². The molecule has 18 heavy (non-hydrogen) atoms. The summed E-state index contributed by atoms with van der Waals surface area (Å²) in [5.74, 6) is 1.37. The second-order valence-corrected chi connectivity index (χ2v) is 5.96. The van der Waals surface area contributed by atoms with Crippen molar-refractivity contribution in [3.8, 4) is 0 Å². The zero-order valence-corrected chi connectivity index (χ0v) is 11.9. The lowest BCUT2D eigenvalue weighted by Gasteiger charge is -2.46. The second-order valence-electron chi connectivity index (χ2n) is 5.96. The standard InChI is InChI=1S/C16H26N2/c1-12-8-6-10-16(11-17,14(12)3)18-15-9-5-4-7-13(15)2/h4-5,7,9,12,14,18H,6,8,10-11,17H2,1-3H3. The van der Waals surface area contributed by atoms with E-state index < -0.39 is 0 Å². The first-order chi connectivity index (χ1) is 8.59. The Kier molecular flexibility index (Phi) is 3.96. The van der Waals surface area contributed by atoms with Crippen LogP contribution in [0, 0.1) is 18.8 Å². The summed E-state index contributed by atoms with van der Waals surface area (Å²) in [7, 11) is 0. The maximum absolute atomic E-state index is 6.13. The third kappa shape index (κ3) is 2.39. The second kappa shape index (κ2) is 5.31. The number of benzene rings is 1. The molecular weight excluding hydrogens is 220 g/mol.